The van der Waals surface area contributed by atoms with Crippen LogP contribution in [-0.4, -0.2) is 42.1 Å². The van der Waals surface area contributed by atoms with E-state index in [1.54, 1.807) is 7.11 Å². The van der Waals surface area contributed by atoms with Crippen molar-refractivity contribution in [3.8, 4) is 5.75 Å². The number of thioether (sulfide) groups is 1. The molecule has 0 saturated carbocycles. The predicted molar refractivity (Wildman–Crippen MR) is 87.5 cm³/mol. The molecule has 1 aromatic carbocycles. The zero-order chi connectivity index (χ0) is 14.5. The Morgan fingerprint density at radius 3 is 2.85 bits per heavy atom. The van der Waals surface area contributed by atoms with Crippen molar-refractivity contribution in [1.29, 1.82) is 0 Å². The Morgan fingerprint density at radius 1 is 1.45 bits per heavy atom. The molecule has 0 aromatic heterocycles. The number of para-hydroxylation sites is 1. The minimum Gasteiger partial charge on any atom is -0.496 e. The summed E-state index contributed by atoms with van der Waals surface area (Å²) in [5, 5.41) is 0.722. The quantitative estimate of drug-likeness (QED) is 0.906. The summed E-state index contributed by atoms with van der Waals surface area (Å²) in [7, 11) is 1.73. The Labute approximate surface area is 126 Å². The van der Waals surface area contributed by atoms with Crippen molar-refractivity contribution in [3.63, 3.8) is 0 Å². The average molecular weight is 294 g/mol. The van der Waals surface area contributed by atoms with Gasteiger partial charge in [0.15, 0.2) is 0 Å². The van der Waals surface area contributed by atoms with E-state index in [1.807, 2.05) is 12.1 Å². The number of nitrogens with zero attached hydrogens (tertiary/aromatic N) is 1. The van der Waals surface area contributed by atoms with Gasteiger partial charge in [-0.15, -0.1) is 0 Å². The molecule has 3 unspecified atom stereocenters. The molecule has 1 aromatic rings. The second-order valence-corrected chi connectivity index (χ2v) is 6.85. The van der Waals surface area contributed by atoms with Crippen molar-refractivity contribution in [2.45, 2.75) is 37.6 Å². The fourth-order valence-electron chi connectivity index (χ4n) is 2.97. The van der Waals surface area contributed by atoms with Crippen LogP contribution in [0.25, 0.3) is 0 Å². The maximum absolute atomic E-state index is 6.31. The topological polar surface area (TPSA) is 38.5 Å². The summed E-state index contributed by atoms with van der Waals surface area (Å²) >= 11 is 2.09. The Kier molecular flexibility index (Phi) is 5.75. The standard InChI is InChI=1S/C16H26N2OS/c1-4-13-11-18(9-10-20-13)16(12(2)17)14-7-5-6-8-15(14)19-3/h5-8,12-13,16H,4,9-11,17H2,1-3H3. The molecule has 1 aliphatic rings. The van der Waals surface area contributed by atoms with Crippen LogP contribution in [-0.2, 0) is 0 Å². The van der Waals surface area contributed by atoms with E-state index in [2.05, 4.69) is 42.6 Å². The van der Waals surface area contributed by atoms with Crippen molar-refractivity contribution in [2.24, 2.45) is 5.73 Å². The number of methoxy groups -OCH3 is 1. The lowest BCUT2D eigenvalue weighted by molar-refractivity contribution is 0.178. The van der Waals surface area contributed by atoms with E-state index in [1.165, 1.54) is 17.7 Å². The Hall–Kier alpha value is -0.710. The molecular formula is C16H26N2OS. The number of hydrogen-bond acceptors (Lipinski definition) is 4. The zero-order valence-electron chi connectivity index (χ0n) is 12.7. The monoisotopic (exact) mass is 294 g/mol. The lowest BCUT2D eigenvalue weighted by Crippen LogP contribution is -2.46. The van der Waals surface area contributed by atoms with Gasteiger partial charge in [0.2, 0.25) is 0 Å². The number of benzene rings is 1. The molecule has 1 fully saturated rings. The van der Waals surface area contributed by atoms with Gasteiger partial charge < -0.3 is 10.5 Å². The number of ether oxygens (including phenoxy) is 1. The van der Waals surface area contributed by atoms with Gasteiger partial charge in [0, 0.05) is 35.7 Å². The van der Waals surface area contributed by atoms with Gasteiger partial charge >= 0.3 is 0 Å². The second kappa shape index (κ2) is 7.34. The van der Waals surface area contributed by atoms with E-state index in [4.69, 9.17) is 10.5 Å². The molecule has 1 saturated heterocycles. The van der Waals surface area contributed by atoms with Gasteiger partial charge in [-0.05, 0) is 19.4 Å². The largest absolute Gasteiger partial charge is 0.496 e. The van der Waals surface area contributed by atoms with Gasteiger partial charge in [-0.3, -0.25) is 4.90 Å². The molecule has 3 atom stereocenters. The van der Waals surface area contributed by atoms with Gasteiger partial charge in [0.1, 0.15) is 5.75 Å². The summed E-state index contributed by atoms with van der Waals surface area (Å²) in [5.41, 5.74) is 7.52. The summed E-state index contributed by atoms with van der Waals surface area (Å²) in [6, 6.07) is 8.59. The van der Waals surface area contributed by atoms with Crippen molar-refractivity contribution in [1.82, 2.24) is 4.90 Å². The Morgan fingerprint density at radius 2 is 2.20 bits per heavy atom. The molecule has 0 spiro atoms. The SMILES string of the molecule is CCC1CN(C(c2ccccc2OC)C(C)N)CCS1. The van der Waals surface area contributed by atoms with Crippen molar-refractivity contribution in [3.05, 3.63) is 29.8 Å². The molecule has 3 nitrogen and oxygen atoms in total. The minimum absolute atomic E-state index is 0.0897. The average Bonchev–Trinajstić information content (AvgIpc) is 2.48. The van der Waals surface area contributed by atoms with Gasteiger partial charge in [0.25, 0.3) is 0 Å². The van der Waals surface area contributed by atoms with Crippen LogP contribution in [0.15, 0.2) is 24.3 Å². The molecular weight excluding hydrogens is 268 g/mol. The van der Waals surface area contributed by atoms with Gasteiger partial charge in [-0.1, -0.05) is 25.1 Å². The maximum Gasteiger partial charge on any atom is 0.123 e. The van der Waals surface area contributed by atoms with Crippen LogP contribution in [0.2, 0.25) is 0 Å². The summed E-state index contributed by atoms with van der Waals surface area (Å²) in [4.78, 5) is 2.53. The highest BCUT2D eigenvalue weighted by Crippen LogP contribution is 2.34. The van der Waals surface area contributed by atoms with E-state index in [0.717, 1.165) is 24.1 Å². The second-order valence-electron chi connectivity index (χ2n) is 5.44. The highest BCUT2D eigenvalue weighted by atomic mass is 32.2. The third-order valence-electron chi connectivity index (χ3n) is 3.97. The lowest BCUT2D eigenvalue weighted by atomic mass is 9.97. The zero-order valence-corrected chi connectivity index (χ0v) is 13.5. The Balaban J connectivity index is 2.26. The van der Waals surface area contributed by atoms with Gasteiger partial charge in [0.05, 0.1) is 13.2 Å². The van der Waals surface area contributed by atoms with Crippen molar-refractivity contribution in [2.75, 3.05) is 26.0 Å². The molecule has 1 aliphatic heterocycles. The van der Waals surface area contributed by atoms with Crippen LogP contribution in [0.4, 0.5) is 0 Å². The predicted octanol–water partition coefficient (Wildman–Crippen LogP) is 2.91. The summed E-state index contributed by atoms with van der Waals surface area (Å²) in [5.74, 6) is 2.14. The first-order valence-corrected chi connectivity index (χ1v) is 8.46. The normalized spacial score (nSPS) is 23.3. The lowest BCUT2D eigenvalue weighted by Gasteiger charge is -2.40. The molecule has 0 radical (unpaired) electrons. The van der Waals surface area contributed by atoms with Crippen LogP contribution in [0.5, 0.6) is 5.75 Å². The third-order valence-corrected chi connectivity index (χ3v) is 5.35. The van der Waals surface area contributed by atoms with Crippen LogP contribution in [0.3, 0.4) is 0 Å². The number of rotatable bonds is 5. The molecule has 0 bridgehead atoms. The first kappa shape index (κ1) is 15.7. The molecule has 2 rings (SSSR count). The number of nitrogens with two attached hydrogens (primary N) is 1. The van der Waals surface area contributed by atoms with Crippen LogP contribution in [0, 0.1) is 0 Å². The van der Waals surface area contributed by atoms with Crippen LogP contribution >= 0.6 is 11.8 Å². The summed E-state index contributed by atoms with van der Waals surface area (Å²) in [6.07, 6.45) is 1.22. The van der Waals surface area contributed by atoms with E-state index < -0.39 is 0 Å². The highest BCUT2D eigenvalue weighted by molar-refractivity contribution is 8.00. The van der Waals surface area contributed by atoms with Gasteiger partial charge in [-0.2, -0.15) is 11.8 Å². The highest BCUT2D eigenvalue weighted by Gasteiger charge is 2.30. The fourth-order valence-corrected chi connectivity index (χ4v) is 4.17. The van der Waals surface area contributed by atoms with E-state index in [0.29, 0.717) is 0 Å². The maximum atomic E-state index is 6.31. The van der Waals surface area contributed by atoms with Crippen molar-refractivity contribution < 1.29 is 4.74 Å². The first-order chi connectivity index (χ1) is 9.67. The minimum atomic E-state index is 0.0897. The van der Waals surface area contributed by atoms with E-state index >= 15 is 0 Å². The fraction of sp³-hybridized carbons (Fsp3) is 0.625. The molecule has 2 N–H and O–H groups in total. The molecule has 112 valence electrons. The van der Waals surface area contributed by atoms with Gasteiger partial charge in [-0.25, -0.2) is 0 Å². The van der Waals surface area contributed by atoms with Crippen molar-refractivity contribution >= 4 is 11.8 Å². The molecule has 1 heterocycles. The van der Waals surface area contributed by atoms with Crippen LogP contribution in [0.1, 0.15) is 31.9 Å². The molecule has 4 heteroatoms. The Bertz CT molecular complexity index is 425. The van der Waals surface area contributed by atoms with E-state index in [-0.39, 0.29) is 12.1 Å². The molecule has 0 amide bonds. The number of hydrogen-bond donors (Lipinski definition) is 1. The molecule has 0 aliphatic carbocycles. The van der Waals surface area contributed by atoms with Crippen LogP contribution < -0.4 is 10.5 Å². The third kappa shape index (κ3) is 3.48. The molecule has 20 heavy (non-hydrogen) atoms. The summed E-state index contributed by atoms with van der Waals surface area (Å²) < 4.78 is 5.53. The van der Waals surface area contributed by atoms with E-state index in [9.17, 15) is 0 Å². The first-order valence-electron chi connectivity index (χ1n) is 7.41. The summed E-state index contributed by atoms with van der Waals surface area (Å²) in [6.45, 7) is 6.59. The smallest absolute Gasteiger partial charge is 0.123 e.